The number of likely N-dealkylation sites (tertiary alicyclic amines) is 1. The van der Waals surface area contributed by atoms with E-state index in [1.54, 1.807) is 13.0 Å². The number of thiophene rings is 1. The van der Waals surface area contributed by atoms with Crippen molar-refractivity contribution in [1.82, 2.24) is 4.90 Å². The van der Waals surface area contributed by atoms with Crippen molar-refractivity contribution in [2.75, 3.05) is 31.6 Å². The van der Waals surface area contributed by atoms with Crippen molar-refractivity contribution in [3.63, 3.8) is 0 Å². The van der Waals surface area contributed by atoms with Gasteiger partial charge in [0.15, 0.2) is 0 Å². The van der Waals surface area contributed by atoms with E-state index in [0.717, 1.165) is 0 Å². The molecule has 0 saturated carbocycles. The van der Waals surface area contributed by atoms with Gasteiger partial charge >= 0.3 is 0 Å². The third kappa shape index (κ3) is 4.17. The van der Waals surface area contributed by atoms with Crippen LogP contribution in [-0.2, 0) is 15.9 Å². The van der Waals surface area contributed by atoms with Crippen LogP contribution >= 0.6 is 11.3 Å². The molecule has 1 amide bonds. The van der Waals surface area contributed by atoms with Crippen LogP contribution in [0, 0.1) is 0 Å². The second-order valence-electron chi connectivity index (χ2n) is 6.14. The highest BCUT2D eigenvalue weighted by Crippen LogP contribution is 2.34. The Hall–Kier alpha value is -1.69. The Kier molecular flexibility index (Phi) is 4.03. The van der Waals surface area contributed by atoms with Gasteiger partial charge in [-0.3, -0.25) is 9.69 Å². The maximum atomic E-state index is 13.1. The number of nitrogens with zero attached hydrogens (tertiary/aromatic N) is 2. The van der Waals surface area contributed by atoms with Gasteiger partial charge in [-0.2, -0.15) is 0 Å². The first kappa shape index (κ1) is 11.9. The molecule has 1 aromatic heterocycles. The molecule has 5 heteroatoms. The fraction of sp³-hybridized carbons (Fsp3) is 0.476. The highest BCUT2D eigenvalue weighted by atomic mass is 32.1. The largest absolute Gasteiger partial charge is 0.358 e. The van der Waals surface area contributed by atoms with Crippen LogP contribution in [0.4, 0.5) is 5.69 Å². The number of anilines is 1. The molecule has 0 spiro atoms. The Morgan fingerprint density at radius 2 is 2.12 bits per heavy atom. The number of carbonyl (C=O) groups excluding carboxylic acids is 1. The van der Waals surface area contributed by atoms with E-state index in [2.05, 4.69) is 0 Å². The minimum absolute atomic E-state index is 0.0674. The van der Waals surface area contributed by atoms with E-state index in [9.17, 15) is 4.79 Å². The van der Waals surface area contributed by atoms with Crippen molar-refractivity contribution in [1.29, 1.82) is 0 Å². The van der Waals surface area contributed by atoms with Crippen molar-refractivity contribution < 1.29 is 19.1 Å². The summed E-state index contributed by atoms with van der Waals surface area (Å²) in [5.41, 5.74) is -1.38. The first-order valence-corrected chi connectivity index (χ1v) is 9.58. The molecule has 1 aliphatic heterocycles. The van der Waals surface area contributed by atoms with Crippen molar-refractivity contribution in [2.24, 2.45) is 0 Å². The van der Waals surface area contributed by atoms with Gasteiger partial charge in [-0.05, 0) is 29.9 Å². The van der Waals surface area contributed by atoms with E-state index >= 15 is 0 Å². The van der Waals surface area contributed by atoms with E-state index in [0.29, 0.717) is 30.8 Å². The van der Waals surface area contributed by atoms with Crippen molar-refractivity contribution in [3.05, 3.63) is 52.6 Å². The zero-order chi connectivity index (χ0) is 24.6. The first-order valence-electron chi connectivity index (χ1n) is 12.2. The van der Waals surface area contributed by atoms with Gasteiger partial charge in [0.25, 0.3) is 0 Å². The van der Waals surface area contributed by atoms with Gasteiger partial charge in [0.1, 0.15) is 5.72 Å². The Balaban J connectivity index is 1.94. The van der Waals surface area contributed by atoms with E-state index < -0.39 is 48.2 Å². The Labute approximate surface area is 170 Å². The average molecular weight is 380 g/mol. The molecule has 140 valence electrons. The second kappa shape index (κ2) is 8.80. The number of benzene rings is 1. The zero-order valence-electron chi connectivity index (χ0n) is 22.1. The Bertz CT molecular complexity index is 980. The number of piperidine rings is 1. The molecular formula is C21H28N2O2S. The third-order valence-electron chi connectivity index (χ3n) is 4.69. The number of hydrogen-bond acceptors (Lipinski definition) is 4. The van der Waals surface area contributed by atoms with Crippen LogP contribution < -0.4 is 4.90 Å². The summed E-state index contributed by atoms with van der Waals surface area (Å²) in [5.74, 6) is -0.405. The molecule has 0 aliphatic carbocycles. The average Bonchev–Trinajstić information content (AvgIpc) is 3.36. The number of methoxy groups -OCH3 is 1. The van der Waals surface area contributed by atoms with E-state index in [4.69, 9.17) is 14.3 Å². The highest BCUT2D eigenvalue weighted by Gasteiger charge is 2.42. The Morgan fingerprint density at radius 3 is 2.69 bits per heavy atom. The van der Waals surface area contributed by atoms with Gasteiger partial charge in [-0.1, -0.05) is 31.1 Å². The maximum Gasteiger partial charge on any atom is 0.229 e. The number of hydrogen-bond donors (Lipinski definition) is 0. The maximum absolute atomic E-state index is 13.1. The third-order valence-corrected chi connectivity index (χ3v) is 5.51. The molecule has 26 heavy (non-hydrogen) atoms. The molecule has 0 radical (unpaired) electrons. The molecule has 2 aromatic rings. The molecule has 1 aliphatic rings. The lowest BCUT2D eigenvalue weighted by Gasteiger charge is -2.47. The normalized spacial score (nSPS) is 21.5. The van der Waals surface area contributed by atoms with Crippen LogP contribution in [-0.4, -0.2) is 43.3 Å². The van der Waals surface area contributed by atoms with Gasteiger partial charge in [0.2, 0.25) is 5.91 Å². The number of ether oxygens (including phenoxy) is 1. The highest BCUT2D eigenvalue weighted by molar-refractivity contribution is 7.09. The van der Waals surface area contributed by atoms with Crippen molar-refractivity contribution in [3.8, 4) is 0 Å². The molecule has 0 atom stereocenters. The van der Waals surface area contributed by atoms with Crippen molar-refractivity contribution >= 4 is 22.9 Å². The predicted octanol–water partition coefficient (Wildman–Crippen LogP) is 4.17. The van der Waals surface area contributed by atoms with Gasteiger partial charge < -0.3 is 9.64 Å². The first-order chi connectivity index (χ1) is 15.5. The van der Waals surface area contributed by atoms with Crippen LogP contribution in [0.2, 0.25) is 0 Å². The lowest BCUT2D eigenvalue weighted by Crippen LogP contribution is -2.59. The predicted molar refractivity (Wildman–Crippen MR) is 108 cm³/mol. The standard InChI is InChI=1S/C21H28N2O2S/c1-3-20(24)23(18-8-5-4-6-9-18)21(25-2)12-15-22(16-13-21)14-11-19-10-7-17-26-19/h4-10,17H,3,11-16H2,1-2H3/i4D,5D,6D,8D,9D,11D2. The van der Waals surface area contributed by atoms with Crippen molar-refractivity contribution in [2.45, 2.75) is 38.3 Å². The van der Waals surface area contributed by atoms with Crippen LogP contribution in [0.5, 0.6) is 0 Å². The minimum Gasteiger partial charge on any atom is -0.358 e. The van der Waals surface area contributed by atoms with Gasteiger partial charge in [0.05, 0.1) is 6.85 Å². The Morgan fingerprint density at radius 1 is 1.38 bits per heavy atom. The van der Waals surface area contributed by atoms with E-state index in [-0.39, 0.29) is 18.7 Å². The summed E-state index contributed by atoms with van der Waals surface area (Å²) < 4.78 is 63.4. The summed E-state index contributed by atoms with van der Waals surface area (Å²) in [4.78, 5) is 16.9. The van der Waals surface area contributed by atoms with Crippen LogP contribution in [0.3, 0.4) is 0 Å². The molecule has 0 unspecified atom stereocenters. The van der Waals surface area contributed by atoms with Gasteiger partial charge in [-0.25, -0.2) is 0 Å². The molecule has 0 bridgehead atoms. The topological polar surface area (TPSA) is 32.8 Å². The molecule has 1 fully saturated rings. The SMILES string of the molecule is [2H]c1c([2H])c([2H])c(N(C(=O)CC)C2(OC)CCN(CC([2H])([2H])c3cccs3)CC2)c([2H])c1[2H]. The lowest BCUT2D eigenvalue weighted by molar-refractivity contribution is -0.128. The molecule has 3 rings (SSSR count). The summed E-state index contributed by atoms with van der Waals surface area (Å²) in [5, 5.41) is 1.84. The number of amides is 1. The van der Waals surface area contributed by atoms with E-state index in [1.165, 1.54) is 23.3 Å². The summed E-state index contributed by atoms with van der Waals surface area (Å²) in [6.07, 6.45) is -0.846. The molecule has 1 aromatic carbocycles. The summed E-state index contributed by atoms with van der Waals surface area (Å²) in [6, 6.07) is 1.16. The summed E-state index contributed by atoms with van der Waals surface area (Å²) in [7, 11) is 1.45. The lowest BCUT2D eigenvalue weighted by atomic mass is 9.96. The monoisotopic (exact) mass is 379 g/mol. The van der Waals surface area contributed by atoms with Crippen LogP contribution in [0.1, 0.15) is 40.7 Å². The summed E-state index contributed by atoms with van der Waals surface area (Å²) >= 11 is 1.37. The number of para-hydroxylation sites is 1. The molecule has 4 nitrogen and oxygen atoms in total. The second-order valence-corrected chi connectivity index (χ2v) is 7.08. The van der Waals surface area contributed by atoms with Crippen LogP contribution in [0.25, 0.3) is 0 Å². The molecule has 1 saturated heterocycles. The fourth-order valence-corrected chi connectivity index (χ4v) is 3.83. The molecule has 0 N–H and O–H groups in total. The molecule has 2 heterocycles. The van der Waals surface area contributed by atoms with Gasteiger partial charge in [-0.15, -0.1) is 11.3 Å². The number of rotatable bonds is 7. The van der Waals surface area contributed by atoms with Gasteiger partial charge in [0, 0.05) is 59.3 Å². The summed E-state index contributed by atoms with van der Waals surface area (Å²) in [6.45, 7) is 2.68. The van der Waals surface area contributed by atoms with E-state index in [1.807, 2.05) is 16.3 Å². The minimum atomic E-state index is -1.52. The number of carbonyl (C=O) groups is 1. The van der Waals surface area contributed by atoms with Crippen LogP contribution in [0.15, 0.2) is 47.7 Å². The zero-order valence-corrected chi connectivity index (χ0v) is 15.9. The quantitative estimate of drug-likeness (QED) is 0.677. The molecular weight excluding hydrogens is 344 g/mol. The fourth-order valence-electron chi connectivity index (χ4n) is 3.22. The smallest absolute Gasteiger partial charge is 0.229 e.